The van der Waals surface area contributed by atoms with Crippen molar-refractivity contribution < 1.29 is 9.53 Å². The number of benzene rings is 2. The number of methoxy groups -OCH3 is 1. The lowest BCUT2D eigenvalue weighted by molar-refractivity contribution is 0.0929. The number of hydrogen-bond donors (Lipinski definition) is 1. The van der Waals surface area contributed by atoms with Crippen molar-refractivity contribution in [1.82, 2.24) is 14.9 Å². The molecule has 0 bridgehead atoms. The number of amides is 1. The minimum Gasteiger partial charge on any atom is -0.497 e. The first kappa shape index (κ1) is 17.3. The van der Waals surface area contributed by atoms with Gasteiger partial charge in [0.1, 0.15) is 11.6 Å². The number of nitrogens with zero attached hydrogens (tertiary/aromatic N) is 2. The van der Waals surface area contributed by atoms with Gasteiger partial charge in [-0.1, -0.05) is 24.3 Å². The maximum atomic E-state index is 12.8. The topological polar surface area (TPSA) is 56.1 Å². The Kier molecular flexibility index (Phi) is 4.67. The van der Waals surface area contributed by atoms with Gasteiger partial charge in [-0.3, -0.25) is 4.79 Å². The number of carbonyl (C=O) groups excluding carboxylic acids is 1. The van der Waals surface area contributed by atoms with Crippen LogP contribution in [0.5, 0.6) is 5.75 Å². The van der Waals surface area contributed by atoms with E-state index in [-0.39, 0.29) is 11.9 Å². The summed E-state index contributed by atoms with van der Waals surface area (Å²) in [6.45, 7) is 0. The average molecular weight is 361 g/mol. The number of imidazole rings is 1. The molecule has 5 nitrogen and oxygen atoms in total. The summed E-state index contributed by atoms with van der Waals surface area (Å²) in [4.78, 5) is 17.2. The summed E-state index contributed by atoms with van der Waals surface area (Å²) in [6, 6.07) is 15.5. The van der Waals surface area contributed by atoms with Crippen LogP contribution in [-0.4, -0.2) is 22.6 Å². The zero-order valence-electron chi connectivity index (χ0n) is 15.6. The fraction of sp³-hybridized carbons (Fsp3) is 0.273. The van der Waals surface area contributed by atoms with Crippen molar-refractivity contribution in [2.45, 2.75) is 18.9 Å². The molecule has 1 amide bonds. The number of rotatable bonds is 6. The second kappa shape index (κ2) is 7.27. The first-order valence-corrected chi connectivity index (χ1v) is 9.18. The molecule has 1 saturated carbocycles. The van der Waals surface area contributed by atoms with Gasteiger partial charge in [0.05, 0.1) is 13.2 Å². The Morgan fingerprint density at radius 2 is 1.96 bits per heavy atom. The molecule has 4 rings (SSSR count). The Labute approximate surface area is 159 Å². The molecule has 1 atom stereocenters. The first-order chi connectivity index (χ1) is 13.2. The number of ether oxygens (including phenoxy) is 1. The molecule has 5 heteroatoms. The highest BCUT2D eigenvalue weighted by Crippen LogP contribution is 2.40. The van der Waals surface area contributed by atoms with E-state index in [0.29, 0.717) is 11.5 Å². The van der Waals surface area contributed by atoms with Gasteiger partial charge in [0.15, 0.2) is 0 Å². The molecule has 27 heavy (non-hydrogen) atoms. The third-order valence-corrected chi connectivity index (χ3v) is 5.07. The normalized spacial score (nSPS) is 14.6. The lowest BCUT2D eigenvalue weighted by atomic mass is 10.0. The zero-order valence-corrected chi connectivity index (χ0v) is 15.6. The molecule has 0 spiro atoms. The van der Waals surface area contributed by atoms with Crippen LogP contribution in [0.2, 0.25) is 0 Å². The number of aryl methyl sites for hydroxylation is 1. The minimum atomic E-state index is -0.0629. The standard InChI is InChI=1S/C22H23N3O2/c1-25-13-12-23-21(25)20(16-8-9-16)24-22(26)17-10-6-15(7-11-17)18-4-3-5-19(14-18)27-2/h3-7,10-14,16,20H,8-9H2,1-2H3,(H,24,26)/t20-/m0/s1. The molecule has 0 radical (unpaired) electrons. The van der Waals surface area contributed by atoms with Gasteiger partial charge in [0.2, 0.25) is 0 Å². The van der Waals surface area contributed by atoms with Crippen molar-refractivity contribution in [1.29, 1.82) is 0 Å². The van der Waals surface area contributed by atoms with E-state index in [9.17, 15) is 4.79 Å². The third-order valence-electron chi connectivity index (χ3n) is 5.07. The summed E-state index contributed by atoms with van der Waals surface area (Å²) < 4.78 is 7.26. The van der Waals surface area contributed by atoms with E-state index in [0.717, 1.165) is 35.5 Å². The highest BCUT2D eigenvalue weighted by molar-refractivity contribution is 5.95. The van der Waals surface area contributed by atoms with E-state index >= 15 is 0 Å². The molecule has 1 fully saturated rings. The second-order valence-corrected chi connectivity index (χ2v) is 6.99. The largest absolute Gasteiger partial charge is 0.497 e. The van der Waals surface area contributed by atoms with Gasteiger partial charge in [-0.15, -0.1) is 0 Å². The van der Waals surface area contributed by atoms with E-state index < -0.39 is 0 Å². The molecular weight excluding hydrogens is 338 g/mol. The van der Waals surface area contributed by atoms with Gasteiger partial charge in [0, 0.05) is 25.0 Å². The van der Waals surface area contributed by atoms with Crippen LogP contribution < -0.4 is 10.1 Å². The molecule has 1 N–H and O–H groups in total. The lowest BCUT2D eigenvalue weighted by Crippen LogP contribution is -2.31. The molecule has 0 unspecified atom stereocenters. The molecule has 1 aliphatic rings. The molecule has 0 saturated heterocycles. The summed E-state index contributed by atoms with van der Waals surface area (Å²) in [7, 11) is 3.62. The molecule has 138 valence electrons. The number of carbonyl (C=O) groups is 1. The number of hydrogen-bond acceptors (Lipinski definition) is 3. The summed E-state index contributed by atoms with van der Waals surface area (Å²) in [5, 5.41) is 3.17. The minimum absolute atomic E-state index is 0.0319. The van der Waals surface area contributed by atoms with E-state index in [1.807, 2.05) is 66.3 Å². The van der Waals surface area contributed by atoms with E-state index in [2.05, 4.69) is 10.3 Å². The monoisotopic (exact) mass is 361 g/mol. The molecule has 0 aliphatic heterocycles. The fourth-order valence-corrected chi connectivity index (χ4v) is 3.34. The maximum Gasteiger partial charge on any atom is 0.251 e. The van der Waals surface area contributed by atoms with E-state index in [1.54, 1.807) is 13.3 Å². The number of nitrogens with one attached hydrogen (secondary N) is 1. The van der Waals surface area contributed by atoms with Crippen molar-refractivity contribution in [2.75, 3.05) is 7.11 Å². The Balaban J connectivity index is 1.51. The highest BCUT2D eigenvalue weighted by Gasteiger charge is 2.35. The molecule has 1 aromatic heterocycles. The van der Waals surface area contributed by atoms with Crippen molar-refractivity contribution >= 4 is 5.91 Å². The van der Waals surface area contributed by atoms with Crippen LogP contribution in [0.4, 0.5) is 0 Å². The molecule has 1 aliphatic carbocycles. The molecule has 1 heterocycles. The fourth-order valence-electron chi connectivity index (χ4n) is 3.34. The van der Waals surface area contributed by atoms with Crippen LogP contribution >= 0.6 is 0 Å². The quantitative estimate of drug-likeness (QED) is 0.723. The van der Waals surface area contributed by atoms with Gasteiger partial charge in [-0.25, -0.2) is 4.98 Å². The smallest absolute Gasteiger partial charge is 0.251 e. The van der Waals surface area contributed by atoms with E-state index in [4.69, 9.17) is 4.74 Å². The van der Waals surface area contributed by atoms with Gasteiger partial charge in [-0.05, 0) is 54.2 Å². The Bertz CT molecular complexity index is 942. The maximum absolute atomic E-state index is 12.8. The van der Waals surface area contributed by atoms with Crippen LogP contribution in [0, 0.1) is 5.92 Å². The van der Waals surface area contributed by atoms with Crippen LogP contribution in [0.3, 0.4) is 0 Å². The average Bonchev–Trinajstić information content (AvgIpc) is 3.47. The summed E-state index contributed by atoms with van der Waals surface area (Å²) >= 11 is 0. The van der Waals surface area contributed by atoms with Gasteiger partial charge >= 0.3 is 0 Å². The van der Waals surface area contributed by atoms with Crippen LogP contribution in [-0.2, 0) is 7.05 Å². The van der Waals surface area contributed by atoms with Crippen molar-refractivity contribution in [3.05, 3.63) is 72.3 Å². The molecule has 2 aromatic carbocycles. The van der Waals surface area contributed by atoms with Gasteiger partial charge in [0.25, 0.3) is 5.91 Å². The SMILES string of the molecule is COc1cccc(-c2ccc(C(=O)N[C@H](c3nccn3C)C3CC3)cc2)c1. The lowest BCUT2D eigenvalue weighted by Gasteiger charge is -2.18. The third kappa shape index (κ3) is 3.72. The first-order valence-electron chi connectivity index (χ1n) is 9.18. The molecule has 3 aromatic rings. The van der Waals surface area contributed by atoms with E-state index in [1.165, 1.54) is 0 Å². The number of aromatic nitrogens is 2. The predicted octanol–water partition coefficient (Wildman–Crippen LogP) is 3.98. The van der Waals surface area contributed by atoms with Crippen molar-refractivity contribution in [3.63, 3.8) is 0 Å². The van der Waals surface area contributed by atoms with Crippen LogP contribution in [0.25, 0.3) is 11.1 Å². The predicted molar refractivity (Wildman–Crippen MR) is 105 cm³/mol. The zero-order chi connectivity index (χ0) is 18.8. The van der Waals surface area contributed by atoms with Crippen molar-refractivity contribution in [3.8, 4) is 16.9 Å². The highest BCUT2D eigenvalue weighted by atomic mass is 16.5. The van der Waals surface area contributed by atoms with Crippen LogP contribution in [0.15, 0.2) is 60.9 Å². The molecular formula is C22H23N3O2. The van der Waals surface area contributed by atoms with Gasteiger partial charge in [-0.2, -0.15) is 0 Å². The Morgan fingerprint density at radius 1 is 1.19 bits per heavy atom. The summed E-state index contributed by atoms with van der Waals surface area (Å²) in [5.74, 6) is 2.15. The second-order valence-electron chi connectivity index (χ2n) is 6.99. The van der Waals surface area contributed by atoms with Crippen molar-refractivity contribution in [2.24, 2.45) is 13.0 Å². The Morgan fingerprint density at radius 3 is 2.59 bits per heavy atom. The van der Waals surface area contributed by atoms with Gasteiger partial charge < -0.3 is 14.6 Å². The summed E-state index contributed by atoms with van der Waals surface area (Å²) in [6.07, 6.45) is 5.96. The summed E-state index contributed by atoms with van der Waals surface area (Å²) in [5.41, 5.74) is 2.76. The Hall–Kier alpha value is -3.08. The van der Waals surface area contributed by atoms with Crippen LogP contribution in [0.1, 0.15) is 35.1 Å².